The molecule has 1 N–H and O–H groups in total. The lowest BCUT2D eigenvalue weighted by atomic mass is 10.0. The molecule has 1 aliphatic rings. The highest BCUT2D eigenvalue weighted by molar-refractivity contribution is 7.84. The first-order valence-corrected chi connectivity index (χ1v) is 5.11. The molecule has 0 aliphatic carbocycles. The van der Waals surface area contributed by atoms with Crippen LogP contribution in [0.5, 0.6) is 0 Å². The van der Waals surface area contributed by atoms with Crippen LogP contribution in [0.15, 0.2) is 28.2 Å². The molecule has 0 aromatic heterocycles. The molecule has 1 aliphatic heterocycles. The summed E-state index contributed by atoms with van der Waals surface area (Å²) >= 11 is 4.07. The number of hydrogen-bond acceptors (Lipinski definition) is 3. The maximum Gasteiger partial charge on any atom is 0.336 e. The van der Waals surface area contributed by atoms with Crippen molar-refractivity contribution in [3.8, 4) is 0 Å². The molecule has 0 fully saturated rings. The molecule has 1 heterocycles. The van der Waals surface area contributed by atoms with Gasteiger partial charge in [-0.1, -0.05) is 0 Å². The van der Waals surface area contributed by atoms with E-state index in [9.17, 15) is 13.6 Å². The summed E-state index contributed by atoms with van der Waals surface area (Å²) in [6.45, 7) is 0. The second-order valence-electron chi connectivity index (χ2n) is 3.49. The van der Waals surface area contributed by atoms with Crippen LogP contribution in [0.3, 0.4) is 0 Å². The third kappa shape index (κ3) is 2.21. The largest absolute Gasteiger partial charge is 0.478 e. The van der Waals surface area contributed by atoms with E-state index in [0.29, 0.717) is 23.1 Å². The van der Waals surface area contributed by atoms with Crippen molar-refractivity contribution in [3.63, 3.8) is 0 Å². The molecule has 0 bridgehead atoms. The molecule has 1 aromatic rings. The number of allylic oxidation sites excluding steroid dienone is 1. The zero-order valence-corrected chi connectivity index (χ0v) is 9.34. The number of hydrogen-bond donors (Lipinski definition) is 2. The Hall–Kier alpha value is -1.69. The Kier molecular flexibility index (Phi) is 2.97. The smallest absolute Gasteiger partial charge is 0.336 e. The van der Waals surface area contributed by atoms with Gasteiger partial charge in [0.2, 0.25) is 0 Å². The number of thiol groups is 1. The van der Waals surface area contributed by atoms with Crippen LogP contribution >= 0.6 is 12.6 Å². The highest BCUT2D eigenvalue weighted by Gasteiger charge is 2.20. The number of benzene rings is 1. The second-order valence-corrected chi connectivity index (χ2v) is 4.06. The molecule has 0 saturated carbocycles. The third-order valence-corrected chi connectivity index (χ3v) is 2.59. The van der Waals surface area contributed by atoms with Crippen LogP contribution in [0.2, 0.25) is 0 Å². The lowest BCUT2D eigenvalue weighted by molar-refractivity contribution is 0.0696. The Morgan fingerprint density at radius 1 is 1.35 bits per heavy atom. The van der Waals surface area contributed by atoms with E-state index in [1.54, 1.807) is 0 Å². The Bertz CT molecular complexity index is 567. The fraction of sp³-hybridized carbons (Fsp3) is 0.0909. The number of rotatable bonds is 2. The lowest BCUT2D eigenvalue weighted by Gasteiger charge is -2.07. The maximum atomic E-state index is 13.1. The first kappa shape index (κ1) is 11.8. The molecule has 88 valence electrons. The topological polar surface area (TPSA) is 49.7 Å². The molecule has 0 saturated heterocycles. The van der Waals surface area contributed by atoms with E-state index in [1.807, 2.05) is 0 Å². The van der Waals surface area contributed by atoms with Gasteiger partial charge < -0.3 is 5.11 Å². The van der Waals surface area contributed by atoms with E-state index in [0.717, 1.165) is 6.07 Å². The number of carbonyl (C=O) groups is 1. The summed E-state index contributed by atoms with van der Waals surface area (Å²) in [7, 11) is 0. The van der Waals surface area contributed by atoms with Crippen molar-refractivity contribution in [2.75, 3.05) is 0 Å². The average Bonchev–Trinajstić information content (AvgIpc) is 2.68. The van der Waals surface area contributed by atoms with Crippen LogP contribution < -0.4 is 0 Å². The second kappa shape index (κ2) is 4.29. The molecule has 6 heteroatoms. The van der Waals surface area contributed by atoms with Gasteiger partial charge in [0, 0.05) is 23.1 Å². The zero-order chi connectivity index (χ0) is 12.6. The van der Waals surface area contributed by atoms with Crippen LogP contribution in [-0.2, 0) is 0 Å². The van der Waals surface area contributed by atoms with Gasteiger partial charge in [0.1, 0.15) is 0 Å². The number of carboxylic acid groups (broad SMARTS) is 1. The van der Waals surface area contributed by atoms with Crippen LogP contribution in [0, 0.1) is 11.6 Å². The van der Waals surface area contributed by atoms with Crippen molar-refractivity contribution in [1.29, 1.82) is 0 Å². The van der Waals surface area contributed by atoms with Crippen LogP contribution in [0.1, 0.15) is 22.3 Å². The van der Waals surface area contributed by atoms with Crippen LogP contribution in [0.25, 0.3) is 0 Å². The van der Waals surface area contributed by atoms with E-state index < -0.39 is 17.6 Å². The van der Waals surface area contributed by atoms with Gasteiger partial charge in [0.15, 0.2) is 11.6 Å². The average molecular weight is 255 g/mol. The molecule has 0 amide bonds. The summed E-state index contributed by atoms with van der Waals surface area (Å²) < 4.78 is 26.1. The van der Waals surface area contributed by atoms with Gasteiger partial charge in [-0.3, -0.25) is 4.99 Å². The summed E-state index contributed by atoms with van der Waals surface area (Å²) in [5.74, 6) is -3.61. The Labute approximate surface area is 101 Å². The quantitative estimate of drug-likeness (QED) is 0.798. The lowest BCUT2D eigenvalue weighted by Crippen LogP contribution is -2.10. The summed E-state index contributed by atoms with van der Waals surface area (Å²) in [5.41, 5.74) is 0.141. The standard InChI is InChI=1S/C11H7F2NO2S/c12-8-2-6(10-1-5(17)4-14-10)7(11(15)16)3-9(8)13/h2-4,17H,1H2,(H,15,16). The molecular weight excluding hydrogens is 248 g/mol. The molecule has 0 radical (unpaired) electrons. The van der Waals surface area contributed by atoms with Gasteiger partial charge in [0.05, 0.1) is 11.3 Å². The van der Waals surface area contributed by atoms with E-state index in [4.69, 9.17) is 5.11 Å². The molecule has 2 rings (SSSR count). The Balaban J connectivity index is 2.53. The SMILES string of the molecule is O=C(O)c1cc(F)c(F)cc1C1=NC=C(S)C1. The van der Waals surface area contributed by atoms with Gasteiger partial charge in [-0.15, -0.1) is 12.6 Å². The van der Waals surface area contributed by atoms with Crippen molar-refractivity contribution in [1.82, 2.24) is 0 Å². The monoisotopic (exact) mass is 255 g/mol. The predicted molar refractivity (Wildman–Crippen MR) is 61.5 cm³/mol. The molecule has 0 atom stereocenters. The number of halogens is 2. The third-order valence-electron chi connectivity index (χ3n) is 2.32. The maximum absolute atomic E-state index is 13.1. The van der Waals surface area contributed by atoms with E-state index in [-0.39, 0.29) is 11.1 Å². The van der Waals surface area contributed by atoms with E-state index in [1.165, 1.54) is 6.20 Å². The minimum absolute atomic E-state index is 0.0803. The van der Waals surface area contributed by atoms with Crippen LogP contribution in [-0.4, -0.2) is 16.8 Å². The molecule has 17 heavy (non-hydrogen) atoms. The Morgan fingerprint density at radius 3 is 2.53 bits per heavy atom. The van der Waals surface area contributed by atoms with Gasteiger partial charge in [-0.05, 0) is 12.1 Å². The summed E-state index contributed by atoms with van der Waals surface area (Å²) in [5, 5.41) is 8.93. The fourth-order valence-corrected chi connectivity index (χ4v) is 1.75. The number of nitrogens with zero attached hydrogens (tertiary/aromatic N) is 1. The highest BCUT2D eigenvalue weighted by Crippen LogP contribution is 2.24. The van der Waals surface area contributed by atoms with Crippen molar-refractivity contribution in [2.45, 2.75) is 6.42 Å². The zero-order valence-electron chi connectivity index (χ0n) is 8.44. The number of aromatic carboxylic acids is 1. The Morgan fingerprint density at radius 2 is 2.00 bits per heavy atom. The van der Waals surface area contributed by atoms with Crippen LogP contribution in [0.4, 0.5) is 8.78 Å². The van der Waals surface area contributed by atoms with Crippen molar-refractivity contribution < 1.29 is 18.7 Å². The fourth-order valence-electron chi connectivity index (χ4n) is 1.54. The van der Waals surface area contributed by atoms with Crippen molar-refractivity contribution in [3.05, 3.63) is 46.0 Å². The highest BCUT2D eigenvalue weighted by atomic mass is 32.1. The summed E-state index contributed by atoms with van der Waals surface area (Å²) in [6.07, 6.45) is 1.76. The van der Waals surface area contributed by atoms with Gasteiger partial charge in [-0.25, -0.2) is 13.6 Å². The first-order chi connectivity index (χ1) is 7.99. The predicted octanol–water partition coefficient (Wildman–Crippen LogP) is 2.63. The van der Waals surface area contributed by atoms with Crippen molar-refractivity contribution >= 4 is 24.3 Å². The van der Waals surface area contributed by atoms with E-state index >= 15 is 0 Å². The van der Waals surface area contributed by atoms with Gasteiger partial charge >= 0.3 is 5.97 Å². The summed E-state index contributed by atoms with van der Waals surface area (Å²) in [6, 6.07) is 1.50. The van der Waals surface area contributed by atoms with Gasteiger partial charge in [0.25, 0.3) is 0 Å². The molecule has 1 aromatic carbocycles. The van der Waals surface area contributed by atoms with E-state index in [2.05, 4.69) is 17.6 Å². The summed E-state index contributed by atoms with van der Waals surface area (Å²) in [4.78, 5) is 15.5. The normalized spacial score (nSPS) is 14.5. The molecule has 0 unspecified atom stereocenters. The molecule has 3 nitrogen and oxygen atoms in total. The molecule has 0 spiro atoms. The van der Waals surface area contributed by atoms with Crippen molar-refractivity contribution in [2.24, 2.45) is 4.99 Å². The number of aliphatic imine (C=N–C) groups is 1. The minimum Gasteiger partial charge on any atom is -0.478 e. The number of carboxylic acids is 1. The van der Waals surface area contributed by atoms with Gasteiger partial charge in [-0.2, -0.15) is 0 Å². The first-order valence-electron chi connectivity index (χ1n) is 4.66. The minimum atomic E-state index is -1.32. The molecular formula is C11H7F2NO2S.